The van der Waals surface area contributed by atoms with Gasteiger partial charge in [0.25, 0.3) is 0 Å². The van der Waals surface area contributed by atoms with E-state index in [1.54, 1.807) is 0 Å². The molecular weight excluding hydrogens is 366 g/mol. The average molecular weight is 391 g/mol. The zero-order valence-corrected chi connectivity index (χ0v) is 16.4. The van der Waals surface area contributed by atoms with Crippen molar-refractivity contribution >= 4 is 27.8 Å². The van der Waals surface area contributed by atoms with Crippen LogP contribution in [0.2, 0.25) is 0 Å². The van der Waals surface area contributed by atoms with Gasteiger partial charge in [0.15, 0.2) is 0 Å². The van der Waals surface area contributed by atoms with Gasteiger partial charge in [-0.1, -0.05) is 5.16 Å². The molecule has 8 heteroatoms. The topological polar surface area (TPSA) is 89.7 Å². The first-order chi connectivity index (χ1) is 13.1. The maximum Gasteiger partial charge on any atom is 0.363 e. The van der Waals surface area contributed by atoms with Crippen LogP contribution in [0.15, 0.2) is 32.2 Å². The fourth-order valence-corrected chi connectivity index (χ4v) is 3.91. The lowest BCUT2D eigenvalue weighted by molar-refractivity contribution is 0.158. The summed E-state index contributed by atoms with van der Waals surface area (Å²) in [4.78, 5) is 5.22. The van der Waals surface area contributed by atoms with Crippen LogP contribution < -0.4 is 4.74 Å². The highest BCUT2D eigenvalue weighted by molar-refractivity contribution is 7.89. The first-order valence-electron chi connectivity index (χ1n) is 9.41. The van der Waals surface area contributed by atoms with Crippen LogP contribution in [0.25, 0.3) is 0 Å². The first kappa shape index (κ1) is 19.5. The molecule has 27 heavy (non-hydrogen) atoms. The van der Waals surface area contributed by atoms with Crippen LogP contribution in [0, 0.1) is 0 Å². The van der Waals surface area contributed by atoms with E-state index in [1.807, 2.05) is 13.0 Å². The Kier molecular flexibility index (Phi) is 6.60. The summed E-state index contributed by atoms with van der Waals surface area (Å²) in [5.74, 6) is 0.879. The van der Waals surface area contributed by atoms with Gasteiger partial charge in [-0.05, 0) is 75.6 Å². The molecule has 0 amide bonds. The predicted molar refractivity (Wildman–Crippen MR) is 106 cm³/mol. The minimum Gasteiger partial charge on any atom is -0.494 e. The Labute approximate surface area is 160 Å². The fraction of sp³-hybridized carbons (Fsp3) is 0.526. The van der Waals surface area contributed by atoms with Crippen molar-refractivity contribution in [2.24, 2.45) is 14.0 Å². The molecule has 0 atom stereocenters. The monoisotopic (exact) mass is 391 g/mol. The average Bonchev–Trinajstić information content (AvgIpc) is 3.01. The molecule has 0 N–H and O–H groups in total. The molecule has 1 aliphatic carbocycles. The normalized spacial score (nSPS) is 19.0. The number of rotatable bonds is 9. The van der Waals surface area contributed by atoms with Crippen molar-refractivity contribution < 1.29 is 18.0 Å². The molecule has 0 saturated carbocycles. The van der Waals surface area contributed by atoms with E-state index in [-0.39, 0.29) is 0 Å². The van der Waals surface area contributed by atoms with E-state index in [4.69, 9.17) is 9.57 Å². The molecule has 0 spiro atoms. The number of ether oxygens (including phenoxy) is 1. The molecule has 1 aromatic carbocycles. The van der Waals surface area contributed by atoms with Gasteiger partial charge in [0.05, 0.1) is 24.2 Å². The second-order valence-electron chi connectivity index (χ2n) is 6.55. The first-order valence-corrected chi connectivity index (χ1v) is 10.8. The van der Waals surface area contributed by atoms with Crippen LogP contribution in [-0.4, -0.2) is 39.3 Å². The molecule has 1 aromatic rings. The van der Waals surface area contributed by atoms with E-state index in [9.17, 15) is 8.42 Å². The van der Waals surface area contributed by atoms with Gasteiger partial charge in [-0.3, -0.25) is 0 Å². The molecule has 0 bridgehead atoms. The largest absolute Gasteiger partial charge is 0.494 e. The van der Waals surface area contributed by atoms with E-state index < -0.39 is 10.2 Å². The number of unbranched alkanes of at least 4 members (excludes halogenated alkanes) is 2. The Bertz CT molecular complexity index is 860. The Morgan fingerprint density at radius 2 is 2.07 bits per heavy atom. The molecule has 0 unspecified atom stereocenters. The summed E-state index contributed by atoms with van der Waals surface area (Å²) >= 11 is 0. The number of hydrogen-bond acceptors (Lipinski definition) is 5. The second kappa shape index (κ2) is 9.12. The van der Waals surface area contributed by atoms with Crippen LogP contribution in [0.1, 0.15) is 56.6 Å². The van der Waals surface area contributed by atoms with Crippen molar-refractivity contribution in [1.82, 2.24) is 0 Å². The molecular formula is C19H25N3O4S. The summed E-state index contributed by atoms with van der Waals surface area (Å²) in [5, 5.41) is 4.23. The minimum atomic E-state index is -3.58. The standard InChI is InChI=1S/C19H25N3O4S/c1-2-26-21-19-9-6-7-15-13-17(10-11-18(15)19)25-12-5-3-4-8-16-14-20-27(23,24)22-16/h10-11,13-14H,2-9,12H2,1H3. The number of hydrogen-bond donors (Lipinski definition) is 0. The summed E-state index contributed by atoms with van der Waals surface area (Å²) in [6.45, 7) is 3.15. The molecule has 0 aromatic heterocycles. The molecule has 0 fully saturated rings. The van der Waals surface area contributed by atoms with Gasteiger partial charge in [-0.15, -0.1) is 8.80 Å². The molecule has 3 rings (SSSR count). The minimum absolute atomic E-state index is 0.537. The summed E-state index contributed by atoms with van der Waals surface area (Å²) in [7, 11) is -3.58. The van der Waals surface area contributed by atoms with Gasteiger partial charge >= 0.3 is 10.2 Å². The highest BCUT2D eigenvalue weighted by Crippen LogP contribution is 2.26. The van der Waals surface area contributed by atoms with Crippen molar-refractivity contribution in [2.45, 2.75) is 51.9 Å². The molecule has 0 saturated heterocycles. The van der Waals surface area contributed by atoms with Crippen LogP contribution >= 0.6 is 0 Å². The molecule has 2 aliphatic rings. The molecule has 0 radical (unpaired) electrons. The van der Waals surface area contributed by atoms with Gasteiger partial charge < -0.3 is 9.57 Å². The third-order valence-corrected chi connectivity index (χ3v) is 5.30. The number of aryl methyl sites for hydroxylation is 1. The van der Waals surface area contributed by atoms with Gasteiger partial charge in [-0.25, -0.2) is 0 Å². The van der Waals surface area contributed by atoms with Crippen molar-refractivity contribution in [3.63, 3.8) is 0 Å². The number of nitrogens with zero attached hydrogens (tertiary/aromatic N) is 3. The lowest BCUT2D eigenvalue weighted by Crippen LogP contribution is -2.13. The molecule has 1 aliphatic heterocycles. The molecule has 1 heterocycles. The maximum absolute atomic E-state index is 11.1. The third-order valence-electron chi connectivity index (χ3n) is 4.46. The highest BCUT2D eigenvalue weighted by atomic mass is 32.2. The van der Waals surface area contributed by atoms with E-state index in [1.165, 1.54) is 11.8 Å². The summed E-state index contributed by atoms with van der Waals surface area (Å²) in [5.41, 5.74) is 3.98. The Balaban J connectivity index is 1.42. The SMILES string of the molecule is CCON=C1CCCc2cc(OCCCCCC3=NS(=O)(=O)N=C3)ccc21. The second-order valence-corrected chi connectivity index (χ2v) is 7.84. The quantitative estimate of drug-likeness (QED) is 0.476. The lowest BCUT2D eigenvalue weighted by Gasteiger charge is -2.18. The van der Waals surface area contributed by atoms with E-state index >= 15 is 0 Å². The zero-order valence-electron chi connectivity index (χ0n) is 15.6. The van der Waals surface area contributed by atoms with Gasteiger partial charge in [0.1, 0.15) is 12.4 Å². The van der Waals surface area contributed by atoms with Crippen LogP contribution in [0.4, 0.5) is 0 Å². The van der Waals surface area contributed by atoms with Crippen molar-refractivity contribution in [3.05, 3.63) is 29.3 Å². The maximum atomic E-state index is 11.1. The van der Waals surface area contributed by atoms with E-state index in [0.29, 0.717) is 25.3 Å². The van der Waals surface area contributed by atoms with Crippen LogP contribution in [0.3, 0.4) is 0 Å². The molecule has 7 nitrogen and oxygen atoms in total. The van der Waals surface area contributed by atoms with Crippen LogP contribution in [-0.2, 0) is 21.5 Å². The van der Waals surface area contributed by atoms with Crippen molar-refractivity contribution in [3.8, 4) is 5.75 Å². The zero-order chi connectivity index (χ0) is 19.1. The summed E-state index contributed by atoms with van der Waals surface area (Å²) < 4.78 is 35.0. The summed E-state index contributed by atoms with van der Waals surface area (Å²) in [6, 6.07) is 6.16. The van der Waals surface area contributed by atoms with Crippen LogP contribution in [0.5, 0.6) is 5.75 Å². The van der Waals surface area contributed by atoms with Gasteiger partial charge in [-0.2, -0.15) is 8.42 Å². The highest BCUT2D eigenvalue weighted by Gasteiger charge is 2.17. The Morgan fingerprint density at radius 1 is 1.19 bits per heavy atom. The Hall–Kier alpha value is -2.22. The van der Waals surface area contributed by atoms with Crippen molar-refractivity contribution in [1.29, 1.82) is 0 Å². The van der Waals surface area contributed by atoms with E-state index in [0.717, 1.165) is 55.5 Å². The van der Waals surface area contributed by atoms with Crippen molar-refractivity contribution in [2.75, 3.05) is 13.2 Å². The number of oxime groups is 1. The molecule has 146 valence electrons. The number of fused-ring (bicyclic) bond motifs is 1. The smallest absolute Gasteiger partial charge is 0.363 e. The van der Waals surface area contributed by atoms with Gasteiger partial charge in [0.2, 0.25) is 0 Å². The number of benzene rings is 1. The Morgan fingerprint density at radius 3 is 2.85 bits per heavy atom. The lowest BCUT2D eigenvalue weighted by atomic mass is 9.90. The third kappa shape index (κ3) is 5.63. The summed E-state index contributed by atoms with van der Waals surface area (Å²) in [6.07, 6.45) is 7.74. The predicted octanol–water partition coefficient (Wildman–Crippen LogP) is 3.47. The van der Waals surface area contributed by atoms with E-state index in [2.05, 4.69) is 26.1 Å². The fourth-order valence-electron chi connectivity index (χ4n) is 3.17. The van der Waals surface area contributed by atoms with Gasteiger partial charge in [0, 0.05) is 5.56 Å².